The van der Waals surface area contributed by atoms with Gasteiger partial charge in [-0.15, -0.1) is 0 Å². The summed E-state index contributed by atoms with van der Waals surface area (Å²) in [5.41, 5.74) is 1.11. The second-order valence-corrected chi connectivity index (χ2v) is 3.97. The SMILES string of the molecule is CCOC=O.c1cncc(NCC2CCCN2)c1. The summed E-state index contributed by atoms with van der Waals surface area (Å²) >= 11 is 0. The second kappa shape index (κ2) is 9.41. The van der Waals surface area contributed by atoms with Crippen LogP contribution in [-0.4, -0.2) is 37.2 Å². The van der Waals surface area contributed by atoms with Gasteiger partial charge in [0.15, 0.2) is 0 Å². The molecular formula is C13H21N3O2. The molecule has 2 rings (SSSR count). The van der Waals surface area contributed by atoms with Crippen molar-refractivity contribution in [3.05, 3.63) is 24.5 Å². The van der Waals surface area contributed by atoms with E-state index in [1.165, 1.54) is 19.4 Å². The van der Waals surface area contributed by atoms with Crippen LogP contribution in [-0.2, 0) is 9.53 Å². The van der Waals surface area contributed by atoms with Gasteiger partial charge in [-0.25, -0.2) is 0 Å². The molecule has 0 aliphatic carbocycles. The van der Waals surface area contributed by atoms with Gasteiger partial charge in [-0.2, -0.15) is 0 Å². The van der Waals surface area contributed by atoms with Gasteiger partial charge in [0, 0.05) is 25.0 Å². The van der Waals surface area contributed by atoms with E-state index in [2.05, 4.69) is 20.4 Å². The van der Waals surface area contributed by atoms with E-state index in [9.17, 15) is 4.79 Å². The van der Waals surface area contributed by atoms with Gasteiger partial charge in [-0.05, 0) is 38.4 Å². The van der Waals surface area contributed by atoms with Gasteiger partial charge in [0.05, 0.1) is 12.3 Å². The smallest absolute Gasteiger partial charge is 0.293 e. The van der Waals surface area contributed by atoms with Crippen LogP contribution < -0.4 is 10.6 Å². The van der Waals surface area contributed by atoms with E-state index in [-0.39, 0.29) is 0 Å². The molecule has 0 amide bonds. The Labute approximate surface area is 108 Å². The fourth-order valence-corrected chi connectivity index (χ4v) is 1.71. The molecule has 1 aromatic rings. The van der Waals surface area contributed by atoms with E-state index in [1.54, 1.807) is 13.1 Å². The maximum atomic E-state index is 9.18. The highest BCUT2D eigenvalue weighted by Crippen LogP contribution is 2.07. The predicted molar refractivity (Wildman–Crippen MR) is 71.4 cm³/mol. The Balaban J connectivity index is 0.000000280. The summed E-state index contributed by atoms with van der Waals surface area (Å²) in [6.07, 6.45) is 6.24. The molecule has 1 saturated heterocycles. The summed E-state index contributed by atoms with van der Waals surface area (Å²) in [4.78, 5) is 13.2. The lowest BCUT2D eigenvalue weighted by molar-refractivity contribution is -0.128. The number of carbonyl (C=O) groups excluding carboxylic acids is 1. The van der Waals surface area contributed by atoms with E-state index in [0.717, 1.165) is 12.2 Å². The summed E-state index contributed by atoms with van der Waals surface area (Å²) in [6, 6.07) is 4.63. The zero-order chi connectivity index (χ0) is 13.1. The summed E-state index contributed by atoms with van der Waals surface area (Å²) in [5.74, 6) is 0. The molecule has 5 heteroatoms. The van der Waals surface area contributed by atoms with Crippen LogP contribution in [0.1, 0.15) is 19.8 Å². The van der Waals surface area contributed by atoms with Crippen LogP contribution in [0.4, 0.5) is 5.69 Å². The first-order chi connectivity index (χ1) is 8.86. The molecule has 1 atom stereocenters. The minimum absolute atomic E-state index is 0.431. The maximum absolute atomic E-state index is 9.18. The fourth-order valence-electron chi connectivity index (χ4n) is 1.71. The minimum Gasteiger partial charge on any atom is -0.468 e. The molecule has 1 aliphatic rings. The fraction of sp³-hybridized carbons (Fsp3) is 0.538. The lowest BCUT2D eigenvalue weighted by Gasteiger charge is -2.11. The first-order valence-electron chi connectivity index (χ1n) is 6.29. The third kappa shape index (κ3) is 6.20. The van der Waals surface area contributed by atoms with Gasteiger partial charge < -0.3 is 15.4 Å². The van der Waals surface area contributed by atoms with E-state index >= 15 is 0 Å². The van der Waals surface area contributed by atoms with Gasteiger partial charge >= 0.3 is 0 Å². The Morgan fingerprint density at radius 1 is 1.67 bits per heavy atom. The van der Waals surface area contributed by atoms with E-state index in [0.29, 0.717) is 19.1 Å². The average Bonchev–Trinajstić information content (AvgIpc) is 2.92. The minimum atomic E-state index is 0.431. The Morgan fingerprint density at radius 3 is 3.06 bits per heavy atom. The molecule has 2 N–H and O–H groups in total. The summed E-state index contributed by atoms with van der Waals surface area (Å²) < 4.78 is 4.15. The molecule has 18 heavy (non-hydrogen) atoms. The number of aromatic nitrogens is 1. The van der Waals surface area contributed by atoms with Crippen LogP contribution >= 0.6 is 0 Å². The molecule has 5 nitrogen and oxygen atoms in total. The topological polar surface area (TPSA) is 63.2 Å². The van der Waals surface area contributed by atoms with Crippen molar-refractivity contribution in [2.24, 2.45) is 0 Å². The van der Waals surface area contributed by atoms with Crippen molar-refractivity contribution >= 4 is 12.2 Å². The number of ether oxygens (including phenoxy) is 1. The van der Waals surface area contributed by atoms with Gasteiger partial charge in [-0.1, -0.05) is 0 Å². The molecule has 0 radical (unpaired) electrons. The summed E-state index contributed by atoms with van der Waals surface area (Å²) in [7, 11) is 0. The molecule has 100 valence electrons. The Morgan fingerprint density at radius 2 is 2.56 bits per heavy atom. The molecule has 0 bridgehead atoms. The van der Waals surface area contributed by atoms with Gasteiger partial charge in [0.2, 0.25) is 0 Å². The van der Waals surface area contributed by atoms with E-state index < -0.39 is 0 Å². The second-order valence-electron chi connectivity index (χ2n) is 3.97. The van der Waals surface area contributed by atoms with E-state index in [4.69, 9.17) is 0 Å². The van der Waals surface area contributed by atoms with Crippen LogP contribution in [0.3, 0.4) is 0 Å². The Hall–Kier alpha value is -1.62. The normalized spacial score (nSPS) is 17.5. The number of hydrogen-bond donors (Lipinski definition) is 2. The quantitative estimate of drug-likeness (QED) is 0.775. The number of pyridine rings is 1. The lowest BCUT2D eigenvalue weighted by Crippen LogP contribution is -2.29. The standard InChI is InChI=1S/C10H15N3.C3H6O2/c1-3-9(7-11-5-1)13-8-10-4-2-6-12-10;1-2-5-3-4/h1,3,5,7,10,12-13H,2,4,6,8H2;3H,2H2,1H3. The van der Waals surface area contributed by atoms with Crippen molar-refractivity contribution in [2.75, 3.05) is 25.0 Å². The number of carbonyl (C=O) groups is 1. The van der Waals surface area contributed by atoms with Crippen molar-refractivity contribution in [1.82, 2.24) is 10.3 Å². The number of rotatable bonds is 5. The van der Waals surface area contributed by atoms with Crippen molar-refractivity contribution in [1.29, 1.82) is 0 Å². The van der Waals surface area contributed by atoms with Crippen molar-refractivity contribution in [3.63, 3.8) is 0 Å². The molecule has 1 unspecified atom stereocenters. The van der Waals surface area contributed by atoms with Gasteiger partial charge in [-0.3, -0.25) is 9.78 Å². The highest BCUT2D eigenvalue weighted by molar-refractivity contribution is 5.39. The van der Waals surface area contributed by atoms with Crippen LogP contribution in [0.5, 0.6) is 0 Å². The number of anilines is 1. The number of nitrogens with zero attached hydrogens (tertiary/aromatic N) is 1. The van der Waals surface area contributed by atoms with Crippen molar-refractivity contribution in [3.8, 4) is 0 Å². The lowest BCUT2D eigenvalue weighted by atomic mass is 10.2. The maximum Gasteiger partial charge on any atom is 0.293 e. The molecule has 1 aliphatic heterocycles. The summed E-state index contributed by atoms with van der Waals surface area (Å²) in [5, 5.41) is 6.81. The monoisotopic (exact) mass is 251 g/mol. The highest BCUT2D eigenvalue weighted by atomic mass is 16.5. The van der Waals surface area contributed by atoms with Crippen LogP contribution in [0.2, 0.25) is 0 Å². The zero-order valence-corrected chi connectivity index (χ0v) is 10.8. The van der Waals surface area contributed by atoms with Crippen molar-refractivity contribution in [2.45, 2.75) is 25.8 Å². The molecule has 0 aromatic carbocycles. The molecule has 1 aromatic heterocycles. The van der Waals surface area contributed by atoms with E-state index in [1.807, 2.05) is 18.3 Å². The van der Waals surface area contributed by atoms with Gasteiger partial charge in [0.1, 0.15) is 0 Å². The Bertz CT molecular complexity index is 313. The third-order valence-electron chi connectivity index (χ3n) is 2.61. The van der Waals surface area contributed by atoms with Crippen LogP contribution in [0, 0.1) is 0 Å². The molecule has 1 fully saturated rings. The van der Waals surface area contributed by atoms with Gasteiger partial charge in [0.25, 0.3) is 6.47 Å². The zero-order valence-electron chi connectivity index (χ0n) is 10.8. The summed E-state index contributed by atoms with van der Waals surface area (Å²) in [6.45, 7) is 4.84. The first kappa shape index (κ1) is 14.4. The average molecular weight is 251 g/mol. The predicted octanol–water partition coefficient (Wildman–Crippen LogP) is 1.42. The largest absolute Gasteiger partial charge is 0.468 e. The molecular weight excluding hydrogens is 230 g/mol. The highest BCUT2D eigenvalue weighted by Gasteiger charge is 2.12. The van der Waals surface area contributed by atoms with Crippen molar-refractivity contribution < 1.29 is 9.53 Å². The molecule has 2 heterocycles. The van der Waals surface area contributed by atoms with Crippen LogP contribution in [0.25, 0.3) is 0 Å². The first-order valence-corrected chi connectivity index (χ1v) is 6.29. The molecule has 0 saturated carbocycles. The molecule has 0 spiro atoms. The number of nitrogens with one attached hydrogen (secondary N) is 2. The third-order valence-corrected chi connectivity index (χ3v) is 2.61. The number of hydrogen-bond acceptors (Lipinski definition) is 5. The van der Waals surface area contributed by atoms with Crippen LogP contribution in [0.15, 0.2) is 24.5 Å². The Kier molecular flexibility index (Phi) is 7.55.